The van der Waals surface area contributed by atoms with Gasteiger partial charge in [0.2, 0.25) is 0 Å². The Balaban J connectivity index is 2.34. The molecule has 0 fully saturated rings. The molecule has 16 heavy (non-hydrogen) atoms. The predicted octanol–water partition coefficient (Wildman–Crippen LogP) is 2.01. The zero-order valence-electron chi connectivity index (χ0n) is 9.86. The summed E-state index contributed by atoms with van der Waals surface area (Å²) >= 11 is 0. The van der Waals surface area contributed by atoms with E-state index in [0.29, 0.717) is 26.4 Å². The quantitative estimate of drug-likeness (QED) is 0.542. The van der Waals surface area contributed by atoms with Gasteiger partial charge in [0.25, 0.3) is 0 Å². The van der Waals surface area contributed by atoms with Gasteiger partial charge in [-0.25, -0.2) is 0 Å². The van der Waals surface area contributed by atoms with Crippen molar-refractivity contribution in [1.29, 1.82) is 0 Å². The smallest absolute Gasteiger partial charge is 0.161 e. The highest BCUT2D eigenvalue weighted by Crippen LogP contribution is 2.25. The first-order valence-electron chi connectivity index (χ1n) is 5.57. The minimum Gasteiger partial charge on any atom is -0.490 e. The Kier molecular flexibility index (Phi) is 6.37. The highest BCUT2D eigenvalue weighted by atomic mass is 16.6. The van der Waals surface area contributed by atoms with Crippen LogP contribution in [0, 0.1) is 0 Å². The maximum Gasteiger partial charge on any atom is 0.161 e. The van der Waals surface area contributed by atoms with E-state index in [-0.39, 0.29) is 0 Å². The van der Waals surface area contributed by atoms with E-state index in [4.69, 9.17) is 14.3 Å². The van der Waals surface area contributed by atoms with Gasteiger partial charge in [0, 0.05) is 0 Å². The van der Waals surface area contributed by atoms with Gasteiger partial charge in [-0.2, -0.15) is 5.48 Å². The molecule has 0 spiro atoms. The lowest BCUT2D eigenvalue weighted by Gasteiger charge is -2.11. The summed E-state index contributed by atoms with van der Waals surface area (Å²) in [6.45, 7) is 6.36. The minimum absolute atomic E-state index is 0.546. The summed E-state index contributed by atoms with van der Waals surface area (Å²) in [6, 6.07) is 7.64. The summed E-state index contributed by atoms with van der Waals surface area (Å²) in [7, 11) is 0. The van der Waals surface area contributed by atoms with Crippen LogP contribution in [0.5, 0.6) is 11.5 Å². The third-order valence-electron chi connectivity index (χ3n) is 1.86. The Labute approximate surface area is 96.5 Å². The highest BCUT2D eigenvalue weighted by molar-refractivity contribution is 5.39. The van der Waals surface area contributed by atoms with Crippen molar-refractivity contribution in [3.8, 4) is 11.5 Å². The molecular weight excluding hydrogens is 206 g/mol. The van der Waals surface area contributed by atoms with Crippen molar-refractivity contribution in [1.82, 2.24) is 5.48 Å². The van der Waals surface area contributed by atoms with E-state index in [2.05, 4.69) is 5.48 Å². The Hall–Kier alpha value is -1.26. The number of hydrogen-bond acceptors (Lipinski definition) is 4. The molecule has 0 saturated carbocycles. The molecule has 1 aromatic carbocycles. The van der Waals surface area contributed by atoms with Gasteiger partial charge in [-0.05, 0) is 26.0 Å². The molecule has 0 bridgehead atoms. The van der Waals surface area contributed by atoms with Crippen LogP contribution in [-0.2, 0) is 4.84 Å². The predicted molar refractivity (Wildman–Crippen MR) is 62.7 cm³/mol. The van der Waals surface area contributed by atoms with Crippen LogP contribution in [0.1, 0.15) is 13.8 Å². The molecule has 0 saturated heterocycles. The molecule has 4 nitrogen and oxygen atoms in total. The Bertz CT molecular complexity index is 291. The number of rotatable bonds is 8. The first-order valence-corrected chi connectivity index (χ1v) is 5.57. The lowest BCUT2D eigenvalue weighted by molar-refractivity contribution is 0.0430. The van der Waals surface area contributed by atoms with Gasteiger partial charge in [-0.15, -0.1) is 0 Å². The van der Waals surface area contributed by atoms with E-state index in [1.54, 1.807) is 0 Å². The van der Waals surface area contributed by atoms with E-state index in [1.807, 2.05) is 38.1 Å². The van der Waals surface area contributed by atoms with Gasteiger partial charge in [-0.1, -0.05) is 12.1 Å². The van der Waals surface area contributed by atoms with Crippen molar-refractivity contribution < 1.29 is 14.3 Å². The molecule has 0 atom stereocenters. The van der Waals surface area contributed by atoms with Crippen LogP contribution in [0.15, 0.2) is 24.3 Å². The zero-order valence-corrected chi connectivity index (χ0v) is 9.86. The maximum atomic E-state index is 5.57. The van der Waals surface area contributed by atoms with Gasteiger partial charge in [0.05, 0.1) is 19.8 Å². The number of para-hydroxylation sites is 2. The monoisotopic (exact) mass is 225 g/mol. The largest absolute Gasteiger partial charge is 0.490 e. The third kappa shape index (κ3) is 4.51. The molecule has 0 aromatic heterocycles. The van der Waals surface area contributed by atoms with E-state index in [9.17, 15) is 0 Å². The number of ether oxygens (including phenoxy) is 2. The Morgan fingerprint density at radius 3 is 2.31 bits per heavy atom. The molecule has 0 aliphatic carbocycles. The fraction of sp³-hybridized carbons (Fsp3) is 0.500. The van der Waals surface area contributed by atoms with Crippen LogP contribution in [0.4, 0.5) is 0 Å². The molecule has 0 heterocycles. The summed E-state index contributed by atoms with van der Waals surface area (Å²) in [5.74, 6) is 1.55. The second-order valence-corrected chi connectivity index (χ2v) is 3.06. The van der Waals surface area contributed by atoms with E-state index in [0.717, 1.165) is 11.5 Å². The average Bonchev–Trinajstić information content (AvgIpc) is 2.31. The molecular formula is C12H19NO3. The fourth-order valence-corrected chi connectivity index (χ4v) is 1.22. The second kappa shape index (κ2) is 7.96. The maximum absolute atomic E-state index is 5.57. The zero-order chi connectivity index (χ0) is 11.6. The Morgan fingerprint density at radius 1 is 1.00 bits per heavy atom. The first kappa shape index (κ1) is 12.8. The number of hydrogen-bond donors (Lipinski definition) is 1. The molecule has 0 amide bonds. The fourth-order valence-electron chi connectivity index (χ4n) is 1.22. The van der Waals surface area contributed by atoms with Crippen molar-refractivity contribution in [2.45, 2.75) is 13.8 Å². The van der Waals surface area contributed by atoms with Gasteiger partial charge in [0.15, 0.2) is 11.5 Å². The van der Waals surface area contributed by atoms with Crippen LogP contribution < -0.4 is 15.0 Å². The van der Waals surface area contributed by atoms with Gasteiger partial charge >= 0.3 is 0 Å². The average molecular weight is 225 g/mol. The summed E-state index contributed by atoms with van der Waals surface area (Å²) < 4.78 is 11.0. The standard InChI is InChI=1S/C12H19NO3/c1-3-14-11-7-5-6-8-12(11)15-10-9-13-16-4-2/h5-8,13H,3-4,9-10H2,1-2H3. The van der Waals surface area contributed by atoms with E-state index in [1.165, 1.54) is 0 Å². The normalized spacial score (nSPS) is 10.1. The van der Waals surface area contributed by atoms with Crippen LogP contribution in [0.3, 0.4) is 0 Å². The van der Waals surface area contributed by atoms with Crippen molar-refractivity contribution in [3.63, 3.8) is 0 Å². The van der Waals surface area contributed by atoms with Crippen LogP contribution in [0.25, 0.3) is 0 Å². The Morgan fingerprint density at radius 2 is 1.69 bits per heavy atom. The SMILES string of the molecule is CCONCCOc1ccccc1OCC. The number of hydroxylamine groups is 1. The van der Waals surface area contributed by atoms with E-state index < -0.39 is 0 Å². The summed E-state index contributed by atoms with van der Waals surface area (Å²) in [6.07, 6.45) is 0. The molecule has 1 N–H and O–H groups in total. The van der Waals surface area contributed by atoms with Crippen molar-refractivity contribution >= 4 is 0 Å². The van der Waals surface area contributed by atoms with Crippen molar-refractivity contribution in [3.05, 3.63) is 24.3 Å². The lowest BCUT2D eigenvalue weighted by atomic mass is 10.3. The highest BCUT2D eigenvalue weighted by Gasteiger charge is 2.02. The van der Waals surface area contributed by atoms with Crippen LogP contribution >= 0.6 is 0 Å². The number of nitrogens with one attached hydrogen (secondary N) is 1. The van der Waals surface area contributed by atoms with E-state index >= 15 is 0 Å². The van der Waals surface area contributed by atoms with Gasteiger partial charge in [0.1, 0.15) is 6.61 Å². The third-order valence-corrected chi connectivity index (χ3v) is 1.86. The number of benzene rings is 1. The van der Waals surface area contributed by atoms with Crippen molar-refractivity contribution in [2.75, 3.05) is 26.4 Å². The topological polar surface area (TPSA) is 39.7 Å². The molecule has 0 unspecified atom stereocenters. The minimum atomic E-state index is 0.546. The molecule has 0 aliphatic heterocycles. The molecule has 1 aromatic rings. The molecule has 0 aliphatic rings. The van der Waals surface area contributed by atoms with Gasteiger partial charge in [-0.3, -0.25) is 0 Å². The molecule has 0 radical (unpaired) electrons. The molecule has 90 valence electrons. The first-order chi connectivity index (χ1) is 7.88. The second-order valence-electron chi connectivity index (χ2n) is 3.06. The molecule has 4 heteroatoms. The lowest BCUT2D eigenvalue weighted by Crippen LogP contribution is -2.21. The molecule has 1 rings (SSSR count). The van der Waals surface area contributed by atoms with Crippen molar-refractivity contribution in [2.24, 2.45) is 0 Å². The van der Waals surface area contributed by atoms with Gasteiger partial charge < -0.3 is 14.3 Å². The van der Waals surface area contributed by atoms with Crippen LogP contribution in [-0.4, -0.2) is 26.4 Å². The van der Waals surface area contributed by atoms with Crippen LogP contribution in [0.2, 0.25) is 0 Å². The summed E-state index contributed by atoms with van der Waals surface area (Å²) in [5.41, 5.74) is 2.79. The summed E-state index contributed by atoms with van der Waals surface area (Å²) in [5, 5.41) is 0. The summed E-state index contributed by atoms with van der Waals surface area (Å²) in [4.78, 5) is 4.99.